The first kappa shape index (κ1) is 14.9. The van der Waals surface area contributed by atoms with Gasteiger partial charge in [-0.05, 0) is 36.4 Å². The summed E-state index contributed by atoms with van der Waals surface area (Å²) < 4.78 is 20.1. The molecule has 112 valence electrons. The van der Waals surface area contributed by atoms with E-state index in [9.17, 15) is 9.18 Å². The SMILES string of the molecule is O=C(COc1cccc(Br)c1)Nc1nc2ccc(F)cc2s1. The molecule has 0 aliphatic rings. The lowest BCUT2D eigenvalue weighted by Gasteiger charge is -2.05. The van der Waals surface area contributed by atoms with Crippen LogP contribution in [-0.4, -0.2) is 17.5 Å². The van der Waals surface area contributed by atoms with E-state index in [1.165, 1.54) is 23.5 Å². The average Bonchev–Trinajstić information content (AvgIpc) is 2.86. The Balaban J connectivity index is 1.63. The Morgan fingerprint density at radius 3 is 3.00 bits per heavy atom. The fourth-order valence-corrected chi connectivity index (χ4v) is 3.10. The number of amides is 1. The van der Waals surface area contributed by atoms with Crippen LogP contribution in [-0.2, 0) is 4.79 Å². The molecule has 0 saturated carbocycles. The van der Waals surface area contributed by atoms with E-state index >= 15 is 0 Å². The van der Waals surface area contributed by atoms with Gasteiger partial charge >= 0.3 is 0 Å². The highest BCUT2D eigenvalue weighted by molar-refractivity contribution is 9.10. The number of rotatable bonds is 4. The molecule has 7 heteroatoms. The number of hydrogen-bond donors (Lipinski definition) is 1. The van der Waals surface area contributed by atoms with Crippen LogP contribution in [0.3, 0.4) is 0 Å². The maximum atomic E-state index is 13.1. The highest BCUT2D eigenvalue weighted by Crippen LogP contribution is 2.26. The van der Waals surface area contributed by atoms with E-state index in [4.69, 9.17) is 4.74 Å². The molecule has 3 rings (SSSR count). The van der Waals surface area contributed by atoms with Crippen molar-refractivity contribution in [3.63, 3.8) is 0 Å². The van der Waals surface area contributed by atoms with Crippen LogP contribution in [0.1, 0.15) is 0 Å². The molecule has 2 aromatic carbocycles. The number of benzene rings is 2. The summed E-state index contributed by atoms with van der Waals surface area (Å²) in [6.07, 6.45) is 0. The molecule has 1 heterocycles. The predicted octanol–water partition coefficient (Wildman–Crippen LogP) is 4.22. The van der Waals surface area contributed by atoms with Crippen LogP contribution in [0, 0.1) is 5.82 Å². The van der Waals surface area contributed by atoms with Crippen LogP contribution in [0.5, 0.6) is 5.75 Å². The summed E-state index contributed by atoms with van der Waals surface area (Å²) in [4.78, 5) is 16.1. The van der Waals surface area contributed by atoms with E-state index in [1.54, 1.807) is 18.2 Å². The minimum atomic E-state index is -0.327. The van der Waals surface area contributed by atoms with E-state index in [0.29, 0.717) is 21.1 Å². The normalized spacial score (nSPS) is 10.6. The highest BCUT2D eigenvalue weighted by atomic mass is 79.9. The summed E-state index contributed by atoms with van der Waals surface area (Å²) in [5.74, 6) is -0.0533. The second-order valence-electron chi connectivity index (χ2n) is 4.43. The standard InChI is InChI=1S/C15H10BrFN2O2S/c16-9-2-1-3-11(6-9)21-8-14(20)19-15-18-12-5-4-10(17)7-13(12)22-15/h1-7H,8H2,(H,18,19,20). The third-order valence-corrected chi connectivity index (χ3v) is 4.19. The van der Waals surface area contributed by atoms with Crippen molar-refractivity contribution < 1.29 is 13.9 Å². The van der Waals surface area contributed by atoms with E-state index in [1.807, 2.05) is 12.1 Å². The number of halogens is 2. The number of hydrogen-bond acceptors (Lipinski definition) is 4. The zero-order valence-corrected chi connectivity index (χ0v) is 13.6. The van der Waals surface area contributed by atoms with Crippen LogP contribution >= 0.6 is 27.3 Å². The molecule has 0 radical (unpaired) electrons. The number of nitrogens with zero attached hydrogens (tertiary/aromatic N) is 1. The van der Waals surface area contributed by atoms with E-state index in [2.05, 4.69) is 26.2 Å². The quantitative estimate of drug-likeness (QED) is 0.737. The lowest BCUT2D eigenvalue weighted by atomic mass is 10.3. The van der Waals surface area contributed by atoms with Gasteiger partial charge in [0.25, 0.3) is 5.91 Å². The summed E-state index contributed by atoms with van der Waals surface area (Å²) in [5.41, 5.74) is 0.648. The van der Waals surface area contributed by atoms with Crippen LogP contribution < -0.4 is 10.1 Å². The van der Waals surface area contributed by atoms with Gasteiger partial charge in [-0.15, -0.1) is 0 Å². The van der Waals surface area contributed by atoms with Gasteiger partial charge in [0.15, 0.2) is 11.7 Å². The van der Waals surface area contributed by atoms with Crippen molar-refractivity contribution >= 4 is 48.5 Å². The number of anilines is 1. The number of ether oxygens (including phenoxy) is 1. The number of carbonyl (C=O) groups is 1. The van der Waals surface area contributed by atoms with Gasteiger partial charge in [-0.2, -0.15) is 0 Å². The van der Waals surface area contributed by atoms with Crippen molar-refractivity contribution in [2.75, 3.05) is 11.9 Å². The molecule has 0 bridgehead atoms. The van der Waals surface area contributed by atoms with Crippen LogP contribution in [0.25, 0.3) is 10.2 Å². The average molecular weight is 381 g/mol. The summed E-state index contributed by atoms with van der Waals surface area (Å²) in [6.45, 7) is -0.124. The lowest BCUT2D eigenvalue weighted by molar-refractivity contribution is -0.118. The Morgan fingerprint density at radius 1 is 1.32 bits per heavy atom. The van der Waals surface area contributed by atoms with Gasteiger partial charge in [-0.25, -0.2) is 9.37 Å². The summed E-state index contributed by atoms with van der Waals surface area (Å²) in [5, 5.41) is 3.06. The Hall–Kier alpha value is -1.99. The molecule has 3 aromatic rings. The second-order valence-corrected chi connectivity index (χ2v) is 6.37. The number of nitrogens with one attached hydrogen (secondary N) is 1. The van der Waals surface area contributed by atoms with Gasteiger partial charge in [0.1, 0.15) is 11.6 Å². The minimum Gasteiger partial charge on any atom is -0.484 e. The van der Waals surface area contributed by atoms with Crippen LogP contribution in [0.4, 0.5) is 9.52 Å². The Morgan fingerprint density at radius 2 is 2.18 bits per heavy atom. The minimum absolute atomic E-state index is 0.124. The maximum Gasteiger partial charge on any atom is 0.264 e. The first-order valence-corrected chi connectivity index (χ1v) is 7.95. The summed E-state index contributed by atoms with van der Waals surface area (Å²) >= 11 is 4.55. The van der Waals surface area contributed by atoms with Gasteiger partial charge in [-0.3, -0.25) is 10.1 Å². The fourth-order valence-electron chi connectivity index (χ4n) is 1.81. The van der Waals surface area contributed by atoms with Gasteiger partial charge in [0.2, 0.25) is 0 Å². The topological polar surface area (TPSA) is 51.2 Å². The molecule has 0 spiro atoms. The zero-order chi connectivity index (χ0) is 15.5. The van der Waals surface area contributed by atoms with Crippen molar-refractivity contribution in [2.24, 2.45) is 0 Å². The van der Waals surface area contributed by atoms with E-state index in [0.717, 1.165) is 4.47 Å². The molecule has 22 heavy (non-hydrogen) atoms. The third kappa shape index (κ3) is 3.61. The first-order valence-electron chi connectivity index (χ1n) is 6.34. The molecule has 1 amide bonds. The van der Waals surface area contributed by atoms with Crippen molar-refractivity contribution in [1.82, 2.24) is 4.98 Å². The van der Waals surface area contributed by atoms with Crippen LogP contribution in [0.2, 0.25) is 0 Å². The molecule has 0 unspecified atom stereocenters. The Labute approximate surface area is 138 Å². The molecule has 0 aliphatic heterocycles. The largest absolute Gasteiger partial charge is 0.484 e. The van der Waals surface area contributed by atoms with Gasteiger partial charge in [-0.1, -0.05) is 33.3 Å². The van der Waals surface area contributed by atoms with Gasteiger partial charge in [0.05, 0.1) is 10.2 Å². The predicted molar refractivity (Wildman–Crippen MR) is 87.8 cm³/mol. The Kier molecular flexibility index (Phi) is 4.35. The number of aromatic nitrogens is 1. The fraction of sp³-hybridized carbons (Fsp3) is 0.0667. The first-order chi connectivity index (χ1) is 10.6. The molecule has 0 saturated heterocycles. The number of carbonyl (C=O) groups excluding carboxylic acids is 1. The summed E-state index contributed by atoms with van der Waals surface area (Å²) in [7, 11) is 0. The molecule has 0 fully saturated rings. The van der Waals surface area contributed by atoms with Crippen molar-refractivity contribution in [3.05, 3.63) is 52.8 Å². The van der Waals surface area contributed by atoms with Gasteiger partial charge in [0, 0.05) is 4.47 Å². The monoisotopic (exact) mass is 380 g/mol. The lowest BCUT2D eigenvalue weighted by Crippen LogP contribution is -2.19. The molecular weight excluding hydrogens is 371 g/mol. The smallest absolute Gasteiger partial charge is 0.264 e. The number of fused-ring (bicyclic) bond motifs is 1. The molecular formula is C15H10BrFN2O2S. The van der Waals surface area contributed by atoms with Crippen molar-refractivity contribution in [3.8, 4) is 5.75 Å². The third-order valence-electron chi connectivity index (χ3n) is 2.76. The van der Waals surface area contributed by atoms with E-state index < -0.39 is 0 Å². The molecule has 1 N–H and O–H groups in total. The molecule has 0 aliphatic carbocycles. The highest BCUT2D eigenvalue weighted by Gasteiger charge is 2.09. The van der Waals surface area contributed by atoms with Gasteiger partial charge < -0.3 is 4.74 Å². The summed E-state index contributed by atoms with van der Waals surface area (Å²) in [6, 6.07) is 11.5. The second kappa shape index (κ2) is 6.41. The maximum absolute atomic E-state index is 13.1. The molecule has 4 nitrogen and oxygen atoms in total. The van der Waals surface area contributed by atoms with Crippen molar-refractivity contribution in [2.45, 2.75) is 0 Å². The molecule has 1 aromatic heterocycles. The number of thiazole rings is 1. The van der Waals surface area contributed by atoms with Crippen LogP contribution in [0.15, 0.2) is 46.9 Å². The van der Waals surface area contributed by atoms with Crippen molar-refractivity contribution in [1.29, 1.82) is 0 Å². The zero-order valence-electron chi connectivity index (χ0n) is 11.2. The Bertz CT molecular complexity index is 837. The van der Waals surface area contributed by atoms with E-state index in [-0.39, 0.29) is 18.3 Å². The molecule has 0 atom stereocenters.